The molecule has 1 N–H and O–H groups in total. The number of benzene rings is 1. The number of hydrogen-bond acceptors (Lipinski definition) is 3. The van der Waals surface area contributed by atoms with E-state index in [1.807, 2.05) is 18.2 Å². The van der Waals surface area contributed by atoms with Crippen LogP contribution in [0.1, 0.15) is 36.2 Å². The van der Waals surface area contributed by atoms with Crippen LogP contribution >= 0.6 is 22.9 Å². The maximum Gasteiger partial charge on any atom is 0.118 e. The molecule has 0 bridgehead atoms. The number of rotatable bonds is 8. The van der Waals surface area contributed by atoms with Gasteiger partial charge in [-0.1, -0.05) is 30.7 Å². The smallest absolute Gasteiger partial charge is 0.118 e. The monoisotopic (exact) mass is 323 g/mol. The molecule has 1 aromatic heterocycles. The van der Waals surface area contributed by atoms with Crippen LogP contribution in [0.5, 0.6) is 5.75 Å². The van der Waals surface area contributed by atoms with Crippen molar-refractivity contribution in [3.63, 3.8) is 0 Å². The highest BCUT2D eigenvalue weighted by atomic mass is 35.5. The van der Waals surface area contributed by atoms with Gasteiger partial charge in [0, 0.05) is 10.9 Å². The van der Waals surface area contributed by atoms with Gasteiger partial charge in [-0.15, -0.1) is 11.3 Å². The van der Waals surface area contributed by atoms with Gasteiger partial charge in [-0.25, -0.2) is 0 Å². The molecule has 1 aromatic carbocycles. The second-order valence-electron chi connectivity index (χ2n) is 5.04. The second-order valence-corrected chi connectivity index (χ2v) is 6.78. The summed E-state index contributed by atoms with van der Waals surface area (Å²) in [4.78, 5) is 1.32. The lowest BCUT2D eigenvalue weighted by molar-refractivity contribution is 0.414. The summed E-state index contributed by atoms with van der Waals surface area (Å²) < 4.78 is 6.05. The summed E-state index contributed by atoms with van der Waals surface area (Å²) in [6, 6.07) is 12.8. The molecule has 2 rings (SSSR count). The molecule has 0 spiro atoms. The zero-order valence-corrected chi connectivity index (χ0v) is 14.1. The number of thiophene rings is 1. The van der Waals surface area contributed by atoms with Crippen molar-refractivity contribution >= 4 is 22.9 Å². The number of nitrogens with one attached hydrogen (secondary N) is 1. The molecule has 1 heterocycles. The number of methoxy groups -OCH3 is 1. The Labute approximate surface area is 136 Å². The summed E-state index contributed by atoms with van der Waals surface area (Å²) in [6.45, 7) is 3.22. The Morgan fingerprint density at radius 1 is 1.19 bits per heavy atom. The molecule has 0 aliphatic carbocycles. The van der Waals surface area contributed by atoms with Crippen LogP contribution in [0.25, 0.3) is 0 Å². The number of hydrogen-bond donors (Lipinski definition) is 1. The second kappa shape index (κ2) is 8.42. The molecule has 0 aliphatic rings. The van der Waals surface area contributed by atoms with Crippen LogP contribution < -0.4 is 10.1 Å². The van der Waals surface area contributed by atoms with Crippen LogP contribution in [-0.4, -0.2) is 13.7 Å². The first-order valence-corrected chi connectivity index (χ1v) is 8.54. The summed E-state index contributed by atoms with van der Waals surface area (Å²) >= 11 is 7.74. The topological polar surface area (TPSA) is 21.3 Å². The van der Waals surface area contributed by atoms with Crippen LogP contribution in [0.4, 0.5) is 0 Å². The fourth-order valence-corrected chi connectivity index (χ4v) is 3.45. The van der Waals surface area contributed by atoms with E-state index in [4.69, 9.17) is 16.3 Å². The first kappa shape index (κ1) is 16.3. The molecule has 0 saturated heterocycles. The molecule has 114 valence electrons. The Balaban J connectivity index is 1.97. The average molecular weight is 324 g/mol. The van der Waals surface area contributed by atoms with Crippen molar-refractivity contribution in [2.24, 2.45) is 0 Å². The largest absolute Gasteiger partial charge is 0.497 e. The van der Waals surface area contributed by atoms with Gasteiger partial charge in [0.05, 0.1) is 11.4 Å². The first-order valence-electron chi connectivity index (χ1n) is 7.34. The van der Waals surface area contributed by atoms with E-state index in [9.17, 15) is 0 Å². The van der Waals surface area contributed by atoms with E-state index in [0.717, 1.165) is 35.9 Å². The van der Waals surface area contributed by atoms with Crippen molar-refractivity contribution in [3.05, 3.63) is 51.2 Å². The molecule has 4 heteroatoms. The Morgan fingerprint density at radius 2 is 1.95 bits per heavy atom. The third-order valence-electron chi connectivity index (χ3n) is 3.46. The summed E-state index contributed by atoms with van der Waals surface area (Å²) in [5.41, 5.74) is 1.33. The van der Waals surface area contributed by atoms with Gasteiger partial charge in [-0.05, 0) is 55.6 Å². The molecule has 1 atom stereocenters. The van der Waals surface area contributed by atoms with Crippen molar-refractivity contribution in [2.75, 3.05) is 13.7 Å². The lowest BCUT2D eigenvalue weighted by Crippen LogP contribution is -2.21. The van der Waals surface area contributed by atoms with Gasteiger partial charge in [0.2, 0.25) is 0 Å². The van der Waals surface area contributed by atoms with Gasteiger partial charge in [0.15, 0.2) is 0 Å². The maximum absolute atomic E-state index is 6.07. The molecule has 0 aliphatic heterocycles. The molecule has 21 heavy (non-hydrogen) atoms. The number of ether oxygens (including phenoxy) is 1. The van der Waals surface area contributed by atoms with Crippen LogP contribution in [-0.2, 0) is 6.42 Å². The van der Waals surface area contributed by atoms with E-state index >= 15 is 0 Å². The number of aryl methyl sites for hydroxylation is 1. The van der Waals surface area contributed by atoms with Gasteiger partial charge < -0.3 is 10.1 Å². The third kappa shape index (κ3) is 5.03. The lowest BCUT2D eigenvalue weighted by Gasteiger charge is -2.17. The first-order chi connectivity index (χ1) is 10.2. The van der Waals surface area contributed by atoms with Gasteiger partial charge in [-0.2, -0.15) is 0 Å². The summed E-state index contributed by atoms with van der Waals surface area (Å²) in [5.74, 6) is 0.907. The predicted molar refractivity (Wildman–Crippen MR) is 91.7 cm³/mol. The molecule has 0 amide bonds. The Morgan fingerprint density at radius 3 is 2.52 bits per heavy atom. The van der Waals surface area contributed by atoms with E-state index < -0.39 is 0 Å². The standard InChI is InChI=1S/C17H22ClNOS/c1-3-12-19-15(16-10-11-17(18)21-16)9-6-13-4-7-14(20-2)8-5-13/h4-5,7-8,10-11,15,19H,3,6,9,12H2,1-2H3. The normalized spacial score (nSPS) is 12.3. The zero-order valence-electron chi connectivity index (χ0n) is 12.6. The van der Waals surface area contributed by atoms with E-state index in [-0.39, 0.29) is 0 Å². The third-order valence-corrected chi connectivity index (χ3v) is 4.80. The number of halogens is 1. The van der Waals surface area contributed by atoms with Crippen LogP contribution in [0.2, 0.25) is 4.34 Å². The Hall–Kier alpha value is -1.03. The van der Waals surface area contributed by atoms with Gasteiger partial charge in [0.1, 0.15) is 5.75 Å². The van der Waals surface area contributed by atoms with Crippen molar-refractivity contribution in [1.82, 2.24) is 5.32 Å². The van der Waals surface area contributed by atoms with Gasteiger partial charge in [-0.3, -0.25) is 0 Å². The summed E-state index contributed by atoms with van der Waals surface area (Å²) in [5, 5.41) is 3.62. The Bertz CT molecular complexity index is 538. The van der Waals surface area contributed by atoms with E-state index in [0.29, 0.717) is 6.04 Å². The predicted octanol–water partition coefficient (Wildman–Crippen LogP) is 5.08. The van der Waals surface area contributed by atoms with E-state index in [1.165, 1.54) is 10.4 Å². The van der Waals surface area contributed by atoms with E-state index in [2.05, 4.69) is 30.4 Å². The van der Waals surface area contributed by atoms with Crippen molar-refractivity contribution in [2.45, 2.75) is 32.2 Å². The Kier molecular flexibility index (Phi) is 6.55. The molecular weight excluding hydrogens is 302 g/mol. The van der Waals surface area contributed by atoms with Crippen LogP contribution in [0.15, 0.2) is 36.4 Å². The van der Waals surface area contributed by atoms with Crippen LogP contribution in [0, 0.1) is 0 Å². The maximum atomic E-state index is 6.07. The molecule has 2 aromatic rings. The van der Waals surface area contributed by atoms with Crippen molar-refractivity contribution in [1.29, 1.82) is 0 Å². The highest BCUT2D eigenvalue weighted by molar-refractivity contribution is 7.16. The van der Waals surface area contributed by atoms with Crippen molar-refractivity contribution < 1.29 is 4.74 Å². The summed E-state index contributed by atoms with van der Waals surface area (Å²) in [7, 11) is 1.69. The zero-order chi connectivity index (χ0) is 15.1. The molecular formula is C17H22ClNOS. The van der Waals surface area contributed by atoms with Crippen molar-refractivity contribution in [3.8, 4) is 5.75 Å². The van der Waals surface area contributed by atoms with Gasteiger partial charge >= 0.3 is 0 Å². The SMILES string of the molecule is CCCNC(CCc1ccc(OC)cc1)c1ccc(Cl)s1. The molecule has 1 unspecified atom stereocenters. The van der Waals surface area contributed by atoms with Crippen LogP contribution in [0.3, 0.4) is 0 Å². The molecule has 0 fully saturated rings. The summed E-state index contributed by atoms with van der Waals surface area (Å²) in [6.07, 6.45) is 3.25. The minimum absolute atomic E-state index is 0.379. The highest BCUT2D eigenvalue weighted by Crippen LogP contribution is 2.29. The van der Waals surface area contributed by atoms with Gasteiger partial charge in [0.25, 0.3) is 0 Å². The molecule has 0 radical (unpaired) electrons. The fourth-order valence-electron chi connectivity index (χ4n) is 2.28. The minimum Gasteiger partial charge on any atom is -0.497 e. The average Bonchev–Trinajstić information content (AvgIpc) is 2.94. The fraction of sp³-hybridized carbons (Fsp3) is 0.412. The highest BCUT2D eigenvalue weighted by Gasteiger charge is 2.13. The minimum atomic E-state index is 0.379. The molecule has 0 saturated carbocycles. The molecule has 2 nitrogen and oxygen atoms in total. The van der Waals surface area contributed by atoms with E-state index in [1.54, 1.807) is 18.4 Å². The quantitative estimate of drug-likeness (QED) is 0.731. The lowest BCUT2D eigenvalue weighted by atomic mass is 10.0.